The molecule has 3 heterocycles. The van der Waals surface area contributed by atoms with E-state index in [0.717, 1.165) is 10.9 Å². The molecule has 0 saturated heterocycles. The topological polar surface area (TPSA) is 190 Å². The van der Waals surface area contributed by atoms with Crippen molar-refractivity contribution in [2.45, 2.75) is 24.1 Å². The summed E-state index contributed by atoms with van der Waals surface area (Å²) in [6, 6.07) is 11.4. The summed E-state index contributed by atoms with van der Waals surface area (Å²) in [6.45, 7) is 2.40. The van der Waals surface area contributed by atoms with Crippen molar-refractivity contribution < 1.29 is 44.9 Å². The molecule has 220 valence electrons. The van der Waals surface area contributed by atoms with Gasteiger partial charge in [-0.2, -0.15) is 0 Å². The molecule has 0 fully saturated rings. The molecule has 0 aliphatic carbocycles. The summed E-state index contributed by atoms with van der Waals surface area (Å²) in [5.41, 5.74) is 1.04. The quantitative estimate of drug-likeness (QED) is 0.196. The van der Waals surface area contributed by atoms with Crippen LogP contribution in [0.15, 0.2) is 58.3 Å². The maximum Gasteiger partial charge on any atom is 0.365 e. The highest BCUT2D eigenvalue weighted by atomic mass is 32.2. The number of hydrogen-bond acceptors (Lipinski definition) is 13. The van der Waals surface area contributed by atoms with Crippen LogP contribution in [0.5, 0.6) is 17.2 Å². The summed E-state index contributed by atoms with van der Waals surface area (Å²) in [5.74, 6) is 0.695. The van der Waals surface area contributed by atoms with Crippen molar-refractivity contribution in [2.75, 3.05) is 20.3 Å². The smallest absolute Gasteiger partial charge is 0.365 e. The van der Waals surface area contributed by atoms with Crippen LogP contribution in [0.1, 0.15) is 13.0 Å². The lowest BCUT2D eigenvalue weighted by Crippen LogP contribution is -2.43. The third kappa shape index (κ3) is 5.27. The number of ether oxygens (including phenoxy) is 3. The van der Waals surface area contributed by atoms with Crippen molar-refractivity contribution in [3.05, 3.63) is 54.1 Å². The molecule has 6 rings (SSSR count). The van der Waals surface area contributed by atoms with Gasteiger partial charge in [0.15, 0.2) is 17.0 Å². The fourth-order valence-corrected chi connectivity index (χ4v) is 6.56. The molecular weight excluding hydrogens is 611 g/mol. The Morgan fingerprint density at radius 2 is 1.64 bits per heavy atom. The van der Waals surface area contributed by atoms with Crippen molar-refractivity contribution in [1.82, 2.24) is 20.0 Å². The van der Waals surface area contributed by atoms with Gasteiger partial charge in [-0.05, 0) is 57.5 Å². The minimum absolute atomic E-state index is 0. The Bertz CT molecular complexity index is 2030. The van der Waals surface area contributed by atoms with Gasteiger partial charge >= 0.3 is 5.13 Å². The first-order valence-corrected chi connectivity index (χ1v) is 15.4. The molecule has 0 radical (unpaired) electrons. The number of benzene rings is 3. The van der Waals surface area contributed by atoms with Crippen LogP contribution in [0.2, 0.25) is 0 Å². The molecule has 0 N–H and O–H groups in total. The summed E-state index contributed by atoms with van der Waals surface area (Å²) in [5, 5.41) is 9.09. The lowest BCUT2D eigenvalue weighted by atomic mass is 10.1. The number of aryl methyl sites for hydroxylation is 1. The molecule has 0 saturated carbocycles. The normalized spacial score (nSPS) is 13.1. The summed E-state index contributed by atoms with van der Waals surface area (Å²) in [7, 11) is -8.68. The van der Waals surface area contributed by atoms with E-state index in [9.17, 15) is 25.9 Å². The van der Waals surface area contributed by atoms with E-state index in [0.29, 0.717) is 40.5 Å². The van der Waals surface area contributed by atoms with Gasteiger partial charge < -0.3 is 23.3 Å². The van der Waals surface area contributed by atoms with Gasteiger partial charge in [-0.3, -0.25) is 0 Å². The van der Waals surface area contributed by atoms with Crippen LogP contribution >= 0.6 is 11.3 Å². The first-order chi connectivity index (χ1) is 19.4. The highest BCUT2D eigenvalue weighted by Crippen LogP contribution is 2.37. The summed E-state index contributed by atoms with van der Waals surface area (Å²) in [6.07, 6.45) is 0. The molecule has 2 aromatic heterocycles. The van der Waals surface area contributed by atoms with Gasteiger partial charge in [0.1, 0.15) is 44.9 Å². The van der Waals surface area contributed by atoms with E-state index < -0.39 is 30.0 Å². The fourth-order valence-electron chi connectivity index (χ4n) is 4.23. The Hall–Kier alpha value is -4.16. The number of tetrazole rings is 1. The minimum atomic E-state index is -4.97. The highest BCUT2D eigenvalue weighted by Gasteiger charge is 2.29. The number of methoxy groups -OCH3 is 1. The zero-order chi connectivity index (χ0) is 29.1. The van der Waals surface area contributed by atoms with Crippen molar-refractivity contribution >= 4 is 41.8 Å². The van der Waals surface area contributed by atoms with E-state index in [1.807, 2.05) is 0 Å². The second-order valence-corrected chi connectivity index (χ2v) is 12.5. The first kappa shape index (κ1) is 29.3. The Morgan fingerprint density at radius 3 is 2.31 bits per heavy atom. The number of rotatable bonds is 6. The van der Waals surface area contributed by atoms with Gasteiger partial charge in [-0.25, -0.2) is 16.8 Å². The summed E-state index contributed by atoms with van der Waals surface area (Å²) < 4.78 is 89.3. The van der Waals surface area contributed by atoms with Crippen LogP contribution in [0, 0.1) is 6.92 Å². The van der Waals surface area contributed by atoms with Crippen LogP contribution < -0.4 is 19.0 Å². The predicted molar refractivity (Wildman–Crippen MR) is 146 cm³/mol. The molecule has 0 amide bonds. The molecule has 14 nitrogen and oxygen atoms in total. The summed E-state index contributed by atoms with van der Waals surface area (Å²) >= 11 is 1.18. The lowest BCUT2D eigenvalue weighted by molar-refractivity contribution is -0.734. The third-order valence-electron chi connectivity index (χ3n) is 6.07. The van der Waals surface area contributed by atoms with E-state index in [2.05, 4.69) is 15.2 Å². The fraction of sp³-hybridized carbons (Fsp3) is 0.200. The standard InChI is InChI=1S/C24H19N5O9S3.CH4/c1-13-3-5-15(21(9-13)40(30,31)32)23-26-28(14-4-6-17(36-2)22(10-14)41(33,34)35)29(27-23)24-25-16-11-18-19(12-20(16)39-24)38-8-7-37-18;/h3-6,9-12H,7-8H2,1-2H3,(H-,30,31,32,33,34,35);1H4/p-1. The molecule has 0 spiro atoms. The number of aromatic nitrogens is 5. The second-order valence-electron chi connectivity index (χ2n) is 8.81. The van der Waals surface area contributed by atoms with E-state index in [1.54, 1.807) is 25.1 Å². The van der Waals surface area contributed by atoms with Crippen LogP contribution in [-0.4, -0.2) is 66.2 Å². The molecular formula is C25H22N5O9S3-. The zero-order valence-corrected chi connectivity index (χ0v) is 23.6. The highest BCUT2D eigenvalue weighted by molar-refractivity contribution is 7.86. The van der Waals surface area contributed by atoms with Crippen molar-refractivity contribution in [3.8, 4) is 39.5 Å². The molecule has 1 aliphatic rings. The number of nitrogens with zero attached hydrogens (tertiary/aromatic N) is 5. The van der Waals surface area contributed by atoms with E-state index in [4.69, 9.17) is 14.2 Å². The zero-order valence-electron chi connectivity index (χ0n) is 21.2. The minimum Gasteiger partial charge on any atom is -0.744 e. The van der Waals surface area contributed by atoms with Crippen molar-refractivity contribution in [3.63, 3.8) is 0 Å². The molecule has 42 heavy (non-hydrogen) atoms. The monoisotopic (exact) mass is 632 g/mol. The molecule has 5 aromatic rings. The van der Waals surface area contributed by atoms with Crippen LogP contribution in [-0.2, 0) is 20.2 Å². The van der Waals surface area contributed by atoms with E-state index >= 15 is 0 Å². The largest absolute Gasteiger partial charge is 0.744 e. The second kappa shape index (κ2) is 10.6. The van der Waals surface area contributed by atoms with Gasteiger partial charge in [0.25, 0.3) is 5.82 Å². The van der Waals surface area contributed by atoms with Gasteiger partial charge in [0, 0.05) is 17.2 Å². The Kier molecular flexibility index (Phi) is 7.40. The molecule has 0 atom stereocenters. The Balaban J connectivity index is 0.00000353. The third-order valence-corrected chi connectivity index (χ3v) is 8.78. The lowest BCUT2D eigenvalue weighted by Gasteiger charge is -2.17. The molecule has 1 aliphatic heterocycles. The van der Waals surface area contributed by atoms with Crippen LogP contribution in [0.3, 0.4) is 0 Å². The maximum absolute atomic E-state index is 12.1. The Morgan fingerprint density at radius 1 is 0.952 bits per heavy atom. The van der Waals surface area contributed by atoms with E-state index in [1.165, 1.54) is 47.5 Å². The van der Waals surface area contributed by atoms with Gasteiger partial charge in [-0.1, -0.05) is 29.8 Å². The molecule has 17 heteroatoms. The SMILES string of the molecule is C.COc1ccc(-n2nc(-c3ccc(C)cc3S(=O)(=O)[O-])n[n+]2-c2nc3cc4c(cc3s2)OCCO4)cc1S(=O)(=O)[O-]. The maximum atomic E-state index is 12.1. The first-order valence-electron chi connectivity index (χ1n) is 11.7. The van der Waals surface area contributed by atoms with Crippen LogP contribution in [0.4, 0.5) is 0 Å². The molecule has 0 bridgehead atoms. The van der Waals surface area contributed by atoms with Gasteiger partial charge in [0.2, 0.25) is 0 Å². The summed E-state index contributed by atoms with van der Waals surface area (Å²) in [4.78, 5) is 5.76. The van der Waals surface area contributed by atoms with Gasteiger partial charge in [0.05, 0.1) is 27.2 Å². The predicted octanol–water partition coefficient (Wildman–Crippen LogP) is 2.35. The number of thiazole rings is 1. The Labute approximate surface area is 244 Å². The average molecular weight is 633 g/mol. The molecule has 0 unspecified atom stereocenters. The van der Waals surface area contributed by atoms with Crippen LogP contribution in [0.25, 0.3) is 32.4 Å². The van der Waals surface area contributed by atoms with Gasteiger partial charge in [-0.15, -0.1) is 0 Å². The van der Waals surface area contributed by atoms with E-state index in [-0.39, 0.29) is 35.4 Å². The average Bonchev–Trinajstić information content (AvgIpc) is 3.54. The van der Waals surface area contributed by atoms with Crippen molar-refractivity contribution in [2.24, 2.45) is 0 Å². The number of hydrogen-bond donors (Lipinski definition) is 0. The molecule has 3 aromatic carbocycles. The number of fused-ring (bicyclic) bond motifs is 2. The van der Waals surface area contributed by atoms with Crippen molar-refractivity contribution in [1.29, 1.82) is 0 Å².